The number of rotatable bonds is 0. The van der Waals surface area contributed by atoms with Crippen LogP contribution in [0.15, 0.2) is 46.3 Å². The number of carbonyl (C=O) groups is 1. The molecule has 0 radical (unpaired) electrons. The first-order valence-corrected chi connectivity index (χ1v) is 5.35. The zero-order valence-corrected chi connectivity index (χ0v) is 9.15. The molecule has 1 aliphatic carbocycles. The van der Waals surface area contributed by atoms with E-state index in [2.05, 4.69) is 32.6 Å². The smallest absolute Gasteiger partial charge is 0.200 e. The molecule has 2 heteroatoms. The molecule has 0 aromatic heterocycles. The standard InChI is InChI=1S/C12H12OS/c1-8-11(13)9-4-6-12(2,3)7-5-10(9)14-8/h4-7H,1H2,2-3H3. The van der Waals surface area contributed by atoms with Crippen molar-refractivity contribution in [1.29, 1.82) is 0 Å². The second kappa shape index (κ2) is 2.99. The molecule has 2 aliphatic rings. The van der Waals surface area contributed by atoms with Gasteiger partial charge in [-0.2, -0.15) is 0 Å². The highest BCUT2D eigenvalue weighted by atomic mass is 32.2. The molecule has 0 atom stereocenters. The van der Waals surface area contributed by atoms with Crippen molar-refractivity contribution in [3.8, 4) is 0 Å². The van der Waals surface area contributed by atoms with E-state index in [1.807, 2.05) is 12.2 Å². The van der Waals surface area contributed by atoms with Crippen LogP contribution < -0.4 is 0 Å². The molecule has 2 rings (SSSR count). The van der Waals surface area contributed by atoms with Crippen molar-refractivity contribution in [3.05, 3.63) is 46.3 Å². The van der Waals surface area contributed by atoms with Gasteiger partial charge in [-0.25, -0.2) is 0 Å². The first-order chi connectivity index (χ1) is 6.49. The zero-order valence-electron chi connectivity index (χ0n) is 8.33. The quantitative estimate of drug-likeness (QED) is 0.563. The largest absolute Gasteiger partial charge is 0.288 e. The third kappa shape index (κ3) is 1.50. The maximum absolute atomic E-state index is 11.6. The summed E-state index contributed by atoms with van der Waals surface area (Å²) >= 11 is 1.47. The van der Waals surface area contributed by atoms with E-state index in [1.54, 1.807) is 0 Å². The Morgan fingerprint density at radius 2 is 1.93 bits per heavy atom. The van der Waals surface area contributed by atoms with Crippen LogP contribution in [0.25, 0.3) is 0 Å². The van der Waals surface area contributed by atoms with E-state index in [1.165, 1.54) is 11.8 Å². The average molecular weight is 204 g/mol. The number of ketones is 1. The SMILES string of the molecule is C=C1SC2=C(C=CC(C)(C)C=C2)C1=O. The van der Waals surface area contributed by atoms with E-state index in [0.717, 1.165) is 10.5 Å². The Morgan fingerprint density at radius 1 is 1.29 bits per heavy atom. The molecule has 0 saturated heterocycles. The summed E-state index contributed by atoms with van der Waals surface area (Å²) in [5, 5.41) is 0. The molecule has 1 nitrogen and oxygen atoms in total. The van der Waals surface area contributed by atoms with Gasteiger partial charge >= 0.3 is 0 Å². The van der Waals surface area contributed by atoms with Crippen molar-refractivity contribution < 1.29 is 4.79 Å². The molecule has 0 spiro atoms. The molecular weight excluding hydrogens is 192 g/mol. The van der Waals surface area contributed by atoms with Gasteiger partial charge in [0.2, 0.25) is 0 Å². The Bertz CT molecular complexity index is 408. The topological polar surface area (TPSA) is 17.1 Å². The lowest BCUT2D eigenvalue weighted by atomic mass is 9.93. The lowest BCUT2D eigenvalue weighted by Crippen LogP contribution is -2.02. The summed E-state index contributed by atoms with van der Waals surface area (Å²) in [4.78, 5) is 13.3. The summed E-state index contributed by atoms with van der Waals surface area (Å²) < 4.78 is 0. The van der Waals surface area contributed by atoms with Crippen LogP contribution in [0.1, 0.15) is 13.8 Å². The summed E-state index contributed by atoms with van der Waals surface area (Å²) in [6, 6.07) is 0. The van der Waals surface area contributed by atoms with E-state index in [0.29, 0.717) is 4.91 Å². The fraction of sp³-hybridized carbons (Fsp3) is 0.250. The molecule has 0 amide bonds. The zero-order chi connectivity index (χ0) is 10.3. The summed E-state index contributed by atoms with van der Waals surface area (Å²) in [6.07, 6.45) is 8.12. The maximum Gasteiger partial charge on any atom is 0.200 e. The third-order valence-electron chi connectivity index (χ3n) is 2.34. The number of hydrogen-bond donors (Lipinski definition) is 0. The van der Waals surface area contributed by atoms with Crippen LogP contribution in [0.4, 0.5) is 0 Å². The Kier molecular flexibility index (Phi) is 2.04. The number of Topliss-reactive ketones (excluding diaryl/α,β-unsaturated/α-hetero) is 1. The minimum Gasteiger partial charge on any atom is -0.288 e. The van der Waals surface area contributed by atoms with Crippen molar-refractivity contribution in [1.82, 2.24) is 0 Å². The van der Waals surface area contributed by atoms with E-state index in [9.17, 15) is 4.79 Å². The molecular formula is C12H12OS. The fourth-order valence-electron chi connectivity index (χ4n) is 1.42. The summed E-state index contributed by atoms with van der Waals surface area (Å²) in [7, 11) is 0. The lowest BCUT2D eigenvalue weighted by molar-refractivity contribution is -0.111. The van der Waals surface area contributed by atoms with E-state index < -0.39 is 0 Å². The van der Waals surface area contributed by atoms with Crippen LogP contribution in [0.5, 0.6) is 0 Å². The van der Waals surface area contributed by atoms with Crippen LogP contribution in [0.3, 0.4) is 0 Å². The number of allylic oxidation sites excluding steroid dienone is 6. The molecule has 0 aromatic carbocycles. The summed E-state index contributed by atoms with van der Waals surface area (Å²) in [5.41, 5.74) is 0.828. The van der Waals surface area contributed by atoms with Crippen LogP contribution in [0, 0.1) is 5.41 Å². The predicted molar refractivity (Wildman–Crippen MR) is 60.8 cm³/mol. The highest BCUT2D eigenvalue weighted by Crippen LogP contribution is 2.41. The van der Waals surface area contributed by atoms with Gasteiger partial charge in [0, 0.05) is 15.9 Å². The molecule has 0 saturated carbocycles. The van der Waals surface area contributed by atoms with Gasteiger partial charge in [0.15, 0.2) is 5.78 Å². The predicted octanol–water partition coefficient (Wildman–Crippen LogP) is 3.22. The Hall–Kier alpha value is -1.02. The fourth-order valence-corrected chi connectivity index (χ4v) is 2.30. The molecule has 0 unspecified atom stereocenters. The second-order valence-corrected chi connectivity index (χ2v) is 5.26. The Morgan fingerprint density at radius 3 is 2.64 bits per heavy atom. The minimum absolute atomic E-state index is 0.0342. The van der Waals surface area contributed by atoms with Crippen LogP contribution >= 0.6 is 11.8 Å². The van der Waals surface area contributed by atoms with Crippen LogP contribution in [-0.2, 0) is 4.79 Å². The van der Waals surface area contributed by atoms with Crippen molar-refractivity contribution in [3.63, 3.8) is 0 Å². The molecule has 0 fully saturated rings. The minimum atomic E-state index is 0.0342. The van der Waals surface area contributed by atoms with E-state index >= 15 is 0 Å². The maximum atomic E-state index is 11.6. The third-order valence-corrected chi connectivity index (χ3v) is 3.35. The number of hydrogen-bond acceptors (Lipinski definition) is 2. The molecule has 1 heterocycles. The van der Waals surface area contributed by atoms with Gasteiger partial charge in [-0.3, -0.25) is 4.79 Å². The summed E-state index contributed by atoms with van der Waals surface area (Å²) in [5.74, 6) is 0.0728. The molecule has 0 N–H and O–H groups in total. The van der Waals surface area contributed by atoms with Gasteiger partial charge in [-0.15, -0.1) is 0 Å². The van der Waals surface area contributed by atoms with Crippen molar-refractivity contribution in [2.45, 2.75) is 13.8 Å². The molecule has 14 heavy (non-hydrogen) atoms. The normalized spacial score (nSPS) is 24.1. The molecule has 72 valence electrons. The Labute approximate surface area is 88.3 Å². The van der Waals surface area contributed by atoms with Gasteiger partial charge in [0.1, 0.15) is 0 Å². The van der Waals surface area contributed by atoms with Crippen molar-refractivity contribution in [2.75, 3.05) is 0 Å². The van der Waals surface area contributed by atoms with Gasteiger partial charge in [0.05, 0.1) is 4.91 Å². The van der Waals surface area contributed by atoms with Crippen LogP contribution in [-0.4, -0.2) is 5.78 Å². The van der Waals surface area contributed by atoms with Gasteiger partial charge in [0.25, 0.3) is 0 Å². The monoisotopic (exact) mass is 204 g/mol. The first-order valence-electron chi connectivity index (χ1n) is 4.54. The molecule has 0 aromatic rings. The Balaban J connectivity index is 2.45. The highest BCUT2D eigenvalue weighted by Gasteiger charge is 2.26. The van der Waals surface area contributed by atoms with Gasteiger partial charge in [-0.05, 0) is 0 Å². The number of carbonyl (C=O) groups excluding carboxylic acids is 1. The first kappa shape index (κ1) is 9.53. The summed E-state index contributed by atoms with van der Waals surface area (Å²) in [6.45, 7) is 7.96. The number of thioether (sulfide) groups is 1. The molecule has 1 aliphatic heterocycles. The lowest BCUT2D eigenvalue weighted by Gasteiger charge is -2.12. The average Bonchev–Trinajstić information content (AvgIpc) is 2.27. The highest BCUT2D eigenvalue weighted by molar-refractivity contribution is 8.08. The van der Waals surface area contributed by atoms with Gasteiger partial charge < -0.3 is 0 Å². The van der Waals surface area contributed by atoms with Crippen molar-refractivity contribution in [2.24, 2.45) is 5.41 Å². The van der Waals surface area contributed by atoms with Crippen LogP contribution in [0.2, 0.25) is 0 Å². The molecule has 0 bridgehead atoms. The van der Waals surface area contributed by atoms with E-state index in [4.69, 9.17) is 0 Å². The van der Waals surface area contributed by atoms with Crippen molar-refractivity contribution >= 4 is 17.5 Å². The van der Waals surface area contributed by atoms with Gasteiger partial charge in [-0.1, -0.05) is 56.5 Å². The van der Waals surface area contributed by atoms with E-state index in [-0.39, 0.29) is 11.2 Å². The second-order valence-electron chi connectivity index (χ2n) is 4.12.